The minimum Gasteiger partial charge on any atom is -0.318 e. The van der Waals surface area contributed by atoms with Crippen LogP contribution in [0.2, 0.25) is 0 Å². The number of allylic oxidation sites excluding steroid dienone is 5. The van der Waals surface area contributed by atoms with Crippen LogP contribution in [0.4, 0.5) is 0 Å². The van der Waals surface area contributed by atoms with Crippen molar-refractivity contribution in [3.63, 3.8) is 0 Å². The van der Waals surface area contributed by atoms with Crippen LogP contribution in [-0.4, -0.2) is 14.3 Å². The predicted octanol–water partition coefficient (Wildman–Crippen LogP) is 4.05. The second kappa shape index (κ2) is 7.77. The van der Waals surface area contributed by atoms with E-state index in [1.54, 1.807) is 23.8 Å². The fourth-order valence-corrected chi connectivity index (χ4v) is 2.53. The highest BCUT2D eigenvalue weighted by Crippen LogP contribution is 2.27. The largest absolute Gasteiger partial charge is 0.318 e. The van der Waals surface area contributed by atoms with Crippen LogP contribution in [0.25, 0.3) is 16.7 Å². The maximum atomic E-state index is 12.1. The van der Waals surface area contributed by atoms with Crippen molar-refractivity contribution in [3.05, 3.63) is 71.5 Å². The van der Waals surface area contributed by atoms with Crippen LogP contribution in [0.3, 0.4) is 0 Å². The average Bonchev–Trinajstić information content (AvgIpc) is 2.97. The predicted molar refractivity (Wildman–Crippen MR) is 101 cm³/mol. The van der Waals surface area contributed by atoms with E-state index in [0.717, 1.165) is 28.8 Å². The quantitative estimate of drug-likeness (QED) is 0.752. The van der Waals surface area contributed by atoms with Gasteiger partial charge in [0.15, 0.2) is 0 Å². The van der Waals surface area contributed by atoms with Gasteiger partial charge in [0.1, 0.15) is 0 Å². The molecule has 0 aromatic carbocycles. The van der Waals surface area contributed by atoms with E-state index < -0.39 is 0 Å². The summed E-state index contributed by atoms with van der Waals surface area (Å²) in [7, 11) is 1.77. The first-order chi connectivity index (χ1) is 11.4. The lowest BCUT2D eigenvalue weighted by atomic mass is 9.99. The Labute approximate surface area is 143 Å². The van der Waals surface area contributed by atoms with E-state index in [1.807, 2.05) is 48.4 Å². The summed E-state index contributed by atoms with van der Waals surface area (Å²) in [5.74, 6) is 0.531. The van der Waals surface area contributed by atoms with Gasteiger partial charge in [0, 0.05) is 43.2 Å². The van der Waals surface area contributed by atoms with Gasteiger partial charge in [-0.05, 0) is 24.0 Å². The summed E-state index contributed by atoms with van der Waals surface area (Å²) in [5, 5.41) is 4.44. The third-order valence-corrected chi connectivity index (χ3v) is 3.74. The summed E-state index contributed by atoms with van der Waals surface area (Å²) in [6.07, 6.45) is 13.3. The molecule has 2 rings (SSSR count). The Morgan fingerprint density at radius 2 is 2.08 bits per heavy atom. The minimum atomic E-state index is -0.0243. The van der Waals surface area contributed by atoms with Crippen molar-refractivity contribution in [2.45, 2.75) is 27.3 Å². The Morgan fingerprint density at radius 1 is 1.33 bits per heavy atom. The lowest BCUT2D eigenvalue weighted by molar-refractivity contribution is 0.483. The molecule has 2 aromatic heterocycles. The Bertz CT molecular complexity index is 835. The molecule has 0 atom stereocenters. The number of rotatable bonds is 6. The van der Waals surface area contributed by atoms with Gasteiger partial charge in [0.2, 0.25) is 0 Å². The first-order valence-electron chi connectivity index (χ1n) is 8.12. The summed E-state index contributed by atoms with van der Waals surface area (Å²) < 4.78 is 3.55. The summed E-state index contributed by atoms with van der Waals surface area (Å²) in [6, 6.07) is 1.68. The SMILES string of the molecule is C=C/C=C\C=C(/C)c1cc(=O)n(C)cc1-c1cnn(CC(C)C)c1. The van der Waals surface area contributed by atoms with Crippen LogP contribution in [0, 0.1) is 5.92 Å². The molecule has 0 unspecified atom stereocenters. The Morgan fingerprint density at radius 3 is 2.75 bits per heavy atom. The van der Waals surface area contributed by atoms with Gasteiger partial charge in [-0.3, -0.25) is 9.48 Å². The smallest absolute Gasteiger partial charge is 0.250 e. The zero-order chi connectivity index (χ0) is 17.7. The van der Waals surface area contributed by atoms with E-state index >= 15 is 0 Å². The molecule has 24 heavy (non-hydrogen) atoms. The Balaban J connectivity index is 2.52. The van der Waals surface area contributed by atoms with Crippen LogP contribution in [0.5, 0.6) is 0 Å². The van der Waals surface area contributed by atoms with Crippen molar-refractivity contribution in [2.75, 3.05) is 0 Å². The van der Waals surface area contributed by atoms with E-state index in [1.165, 1.54) is 0 Å². The number of aryl methyl sites for hydroxylation is 1. The lowest BCUT2D eigenvalue weighted by Crippen LogP contribution is -2.16. The van der Waals surface area contributed by atoms with E-state index in [-0.39, 0.29) is 5.56 Å². The maximum absolute atomic E-state index is 12.1. The van der Waals surface area contributed by atoms with E-state index in [4.69, 9.17) is 0 Å². The second-order valence-corrected chi connectivity index (χ2v) is 6.37. The molecule has 0 radical (unpaired) electrons. The highest BCUT2D eigenvalue weighted by Gasteiger charge is 2.11. The van der Waals surface area contributed by atoms with E-state index in [9.17, 15) is 4.79 Å². The fourth-order valence-electron chi connectivity index (χ4n) is 2.53. The van der Waals surface area contributed by atoms with Crippen LogP contribution in [0.15, 0.2) is 60.3 Å². The van der Waals surface area contributed by atoms with Crippen molar-refractivity contribution in [1.29, 1.82) is 0 Å². The molecule has 0 amide bonds. The van der Waals surface area contributed by atoms with Gasteiger partial charge in [0.05, 0.1) is 6.20 Å². The fraction of sp³-hybridized carbons (Fsp3) is 0.300. The van der Waals surface area contributed by atoms with Gasteiger partial charge in [-0.2, -0.15) is 5.10 Å². The lowest BCUT2D eigenvalue weighted by Gasteiger charge is -2.10. The molecule has 0 aliphatic rings. The third kappa shape index (κ3) is 4.22. The van der Waals surface area contributed by atoms with Gasteiger partial charge >= 0.3 is 0 Å². The molecular formula is C20H25N3O. The van der Waals surface area contributed by atoms with Gasteiger partial charge < -0.3 is 4.57 Å². The molecule has 2 heterocycles. The summed E-state index contributed by atoms with van der Waals surface area (Å²) in [6.45, 7) is 10.9. The maximum Gasteiger partial charge on any atom is 0.250 e. The van der Waals surface area contributed by atoms with Crippen molar-refractivity contribution in [1.82, 2.24) is 14.3 Å². The van der Waals surface area contributed by atoms with Gasteiger partial charge in [-0.1, -0.05) is 44.7 Å². The summed E-state index contributed by atoms with van der Waals surface area (Å²) in [4.78, 5) is 12.1. The first kappa shape index (κ1) is 17.7. The molecule has 0 saturated carbocycles. The minimum absolute atomic E-state index is 0.0243. The highest BCUT2D eigenvalue weighted by atomic mass is 16.1. The average molecular weight is 323 g/mol. The van der Waals surface area contributed by atoms with Gasteiger partial charge in [-0.25, -0.2) is 0 Å². The molecule has 2 aromatic rings. The molecule has 4 heteroatoms. The molecule has 0 aliphatic carbocycles. The molecule has 4 nitrogen and oxygen atoms in total. The summed E-state index contributed by atoms with van der Waals surface area (Å²) in [5.41, 5.74) is 3.95. The molecule has 0 bridgehead atoms. The number of nitrogens with zero attached hydrogens (tertiary/aromatic N) is 3. The Kier molecular flexibility index (Phi) is 5.74. The Hall–Kier alpha value is -2.62. The number of hydrogen-bond donors (Lipinski definition) is 0. The van der Waals surface area contributed by atoms with Crippen molar-refractivity contribution in [3.8, 4) is 11.1 Å². The number of hydrogen-bond acceptors (Lipinski definition) is 2. The second-order valence-electron chi connectivity index (χ2n) is 6.37. The monoisotopic (exact) mass is 323 g/mol. The molecule has 126 valence electrons. The molecule has 0 spiro atoms. The van der Waals surface area contributed by atoms with Crippen LogP contribution in [0.1, 0.15) is 26.3 Å². The standard InChI is InChI=1S/C20H25N3O/c1-6-7-8-9-16(4)18-10-20(24)22(5)14-19(18)17-11-21-23(13-17)12-15(2)3/h6-11,13-15H,1,12H2,2-5H3/b8-7-,16-9+. The zero-order valence-corrected chi connectivity index (χ0v) is 14.9. The molecule has 0 saturated heterocycles. The van der Waals surface area contributed by atoms with E-state index in [2.05, 4.69) is 25.5 Å². The van der Waals surface area contributed by atoms with Gasteiger partial charge in [-0.15, -0.1) is 0 Å². The van der Waals surface area contributed by atoms with Crippen molar-refractivity contribution in [2.24, 2.45) is 13.0 Å². The zero-order valence-electron chi connectivity index (χ0n) is 14.9. The van der Waals surface area contributed by atoms with E-state index in [0.29, 0.717) is 5.92 Å². The molecular weight excluding hydrogens is 298 g/mol. The number of aromatic nitrogens is 3. The van der Waals surface area contributed by atoms with Crippen molar-refractivity contribution < 1.29 is 0 Å². The van der Waals surface area contributed by atoms with Crippen LogP contribution in [-0.2, 0) is 13.6 Å². The number of pyridine rings is 1. The van der Waals surface area contributed by atoms with Crippen LogP contribution < -0.4 is 5.56 Å². The van der Waals surface area contributed by atoms with Crippen LogP contribution >= 0.6 is 0 Å². The van der Waals surface area contributed by atoms with Gasteiger partial charge in [0.25, 0.3) is 5.56 Å². The highest BCUT2D eigenvalue weighted by molar-refractivity contribution is 5.80. The molecule has 0 aliphatic heterocycles. The third-order valence-electron chi connectivity index (χ3n) is 3.74. The molecule has 0 N–H and O–H groups in total. The first-order valence-corrected chi connectivity index (χ1v) is 8.12. The van der Waals surface area contributed by atoms with Crippen molar-refractivity contribution >= 4 is 5.57 Å². The normalized spacial score (nSPS) is 12.3. The topological polar surface area (TPSA) is 39.8 Å². The summed E-state index contributed by atoms with van der Waals surface area (Å²) >= 11 is 0. The molecule has 0 fully saturated rings.